The van der Waals surface area contributed by atoms with Crippen molar-refractivity contribution < 1.29 is 47.6 Å². The number of unbranched alkanes of at least 4 members (excludes halogenated alkanes) is 2. The van der Waals surface area contributed by atoms with Gasteiger partial charge in [0.25, 0.3) is 0 Å². The first-order valence-corrected chi connectivity index (χ1v) is 13.5. The Balaban J connectivity index is 1.38. The number of esters is 4. The van der Waals surface area contributed by atoms with Crippen LogP contribution >= 0.6 is 0 Å². The summed E-state index contributed by atoms with van der Waals surface area (Å²) in [5.41, 5.74) is 0.552. The summed E-state index contributed by atoms with van der Waals surface area (Å²) in [6.45, 7) is 6.19. The van der Waals surface area contributed by atoms with Gasteiger partial charge in [0.2, 0.25) is 11.8 Å². The zero-order valence-corrected chi connectivity index (χ0v) is 23.7. The van der Waals surface area contributed by atoms with E-state index in [9.17, 15) is 19.2 Å². The molecule has 2 aromatic carbocycles. The van der Waals surface area contributed by atoms with Crippen molar-refractivity contribution in [2.75, 3.05) is 26.4 Å². The Morgan fingerprint density at radius 3 is 1.44 bits per heavy atom. The van der Waals surface area contributed by atoms with Gasteiger partial charge in [-0.15, -0.1) is 10.2 Å². The van der Waals surface area contributed by atoms with E-state index in [-0.39, 0.29) is 28.9 Å². The lowest BCUT2D eigenvalue weighted by atomic mass is 10.2. The summed E-state index contributed by atoms with van der Waals surface area (Å²) in [6, 6.07) is 15.5. The van der Waals surface area contributed by atoms with Gasteiger partial charge in [-0.2, -0.15) is 0 Å². The lowest BCUT2D eigenvalue weighted by molar-refractivity contribution is -0.141. The van der Waals surface area contributed by atoms with Crippen LogP contribution in [0.25, 0.3) is 0 Å². The molecule has 12 nitrogen and oxygen atoms in total. The Labute approximate surface area is 248 Å². The third-order valence-electron chi connectivity index (χ3n) is 5.52. The van der Waals surface area contributed by atoms with Gasteiger partial charge in [0.15, 0.2) is 0 Å². The van der Waals surface area contributed by atoms with Gasteiger partial charge in [-0.25, -0.2) is 14.4 Å². The Morgan fingerprint density at radius 1 is 0.628 bits per heavy atom. The van der Waals surface area contributed by atoms with E-state index in [1.165, 1.54) is 19.1 Å². The first-order valence-electron chi connectivity index (χ1n) is 13.5. The molecule has 0 radical (unpaired) electrons. The SMILES string of the molecule is C=CC(=O)OCCCCOc1ccc(C(=O)Oc2ccc(OC(=O)c3ccc(OCCCCOC(C)=O)cc3)nn2)cc1. The fourth-order valence-electron chi connectivity index (χ4n) is 3.33. The minimum Gasteiger partial charge on any atom is -0.494 e. The summed E-state index contributed by atoms with van der Waals surface area (Å²) in [7, 11) is 0. The van der Waals surface area contributed by atoms with Crippen LogP contribution in [-0.2, 0) is 19.1 Å². The number of aromatic nitrogens is 2. The smallest absolute Gasteiger partial charge is 0.344 e. The molecule has 3 rings (SSSR count). The minimum absolute atomic E-state index is 0.0710. The lowest BCUT2D eigenvalue weighted by Gasteiger charge is -2.08. The molecule has 0 saturated heterocycles. The van der Waals surface area contributed by atoms with E-state index < -0.39 is 17.9 Å². The number of nitrogens with zero attached hydrogens (tertiary/aromatic N) is 2. The van der Waals surface area contributed by atoms with E-state index in [0.29, 0.717) is 63.6 Å². The zero-order valence-electron chi connectivity index (χ0n) is 23.7. The molecule has 0 amide bonds. The third-order valence-corrected chi connectivity index (χ3v) is 5.52. The van der Waals surface area contributed by atoms with Gasteiger partial charge >= 0.3 is 23.9 Å². The molecule has 0 aliphatic heterocycles. The van der Waals surface area contributed by atoms with Crippen LogP contribution in [0.3, 0.4) is 0 Å². The summed E-state index contributed by atoms with van der Waals surface area (Å²) < 4.78 is 31.5. The first-order chi connectivity index (χ1) is 20.8. The summed E-state index contributed by atoms with van der Waals surface area (Å²) in [5, 5.41) is 7.58. The van der Waals surface area contributed by atoms with Crippen LogP contribution in [0.1, 0.15) is 53.3 Å². The number of hydrogen-bond acceptors (Lipinski definition) is 12. The topological polar surface area (TPSA) is 149 Å². The lowest BCUT2D eigenvalue weighted by Crippen LogP contribution is -2.12. The largest absolute Gasteiger partial charge is 0.494 e. The molecule has 43 heavy (non-hydrogen) atoms. The monoisotopic (exact) mass is 592 g/mol. The summed E-state index contributed by atoms with van der Waals surface area (Å²) in [6.07, 6.45) is 3.84. The van der Waals surface area contributed by atoms with Gasteiger partial charge in [-0.05, 0) is 74.2 Å². The summed E-state index contributed by atoms with van der Waals surface area (Å²) in [4.78, 5) is 46.6. The van der Waals surface area contributed by atoms with Crippen molar-refractivity contribution in [3.63, 3.8) is 0 Å². The van der Waals surface area contributed by atoms with Gasteiger partial charge in [0.1, 0.15) is 11.5 Å². The third kappa shape index (κ3) is 12.0. The van der Waals surface area contributed by atoms with E-state index in [2.05, 4.69) is 16.8 Å². The molecular weight excluding hydrogens is 560 g/mol. The highest BCUT2D eigenvalue weighted by Crippen LogP contribution is 2.18. The molecule has 0 bridgehead atoms. The maximum absolute atomic E-state index is 12.5. The van der Waals surface area contributed by atoms with Crippen molar-refractivity contribution in [3.8, 4) is 23.3 Å². The highest BCUT2D eigenvalue weighted by molar-refractivity contribution is 5.91. The Hall–Kier alpha value is -5.26. The second-order valence-corrected chi connectivity index (χ2v) is 8.86. The van der Waals surface area contributed by atoms with Crippen molar-refractivity contribution in [1.29, 1.82) is 0 Å². The molecule has 0 saturated carbocycles. The summed E-state index contributed by atoms with van der Waals surface area (Å²) in [5.74, 6) is -1.06. The first kappa shape index (κ1) is 32.3. The van der Waals surface area contributed by atoms with Crippen molar-refractivity contribution in [2.45, 2.75) is 32.6 Å². The zero-order chi connectivity index (χ0) is 30.9. The molecule has 226 valence electrons. The molecule has 1 heterocycles. The van der Waals surface area contributed by atoms with Gasteiger partial charge in [-0.3, -0.25) is 4.79 Å². The second kappa shape index (κ2) is 17.5. The van der Waals surface area contributed by atoms with Crippen LogP contribution in [0.2, 0.25) is 0 Å². The average molecular weight is 593 g/mol. The van der Waals surface area contributed by atoms with Crippen molar-refractivity contribution >= 4 is 23.9 Å². The Kier molecular flexibility index (Phi) is 13.2. The fourth-order valence-corrected chi connectivity index (χ4v) is 3.33. The number of carbonyl (C=O) groups is 4. The molecule has 12 heteroatoms. The van der Waals surface area contributed by atoms with Gasteiger partial charge in [0, 0.05) is 25.1 Å². The molecule has 0 atom stereocenters. The van der Waals surface area contributed by atoms with E-state index in [1.54, 1.807) is 48.5 Å². The Morgan fingerprint density at radius 2 is 1.05 bits per heavy atom. The summed E-state index contributed by atoms with van der Waals surface area (Å²) >= 11 is 0. The van der Waals surface area contributed by atoms with Crippen LogP contribution in [0.15, 0.2) is 73.3 Å². The van der Waals surface area contributed by atoms with Crippen molar-refractivity contribution in [1.82, 2.24) is 10.2 Å². The number of benzene rings is 2. The molecule has 1 aromatic heterocycles. The van der Waals surface area contributed by atoms with Crippen LogP contribution in [0.4, 0.5) is 0 Å². The maximum Gasteiger partial charge on any atom is 0.344 e. The molecular formula is C31H32N2O10. The van der Waals surface area contributed by atoms with E-state index in [1.807, 2.05) is 0 Å². The molecule has 0 fully saturated rings. The Bertz CT molecular complexity index is 1360. The van der Waals surface area contributed by atoms with Crippen molar-refractivity contribution in [3.05, 3.63) is 84.4 Å². The van der Waals surface area contributed by atoms with Gasteiger partial charge in [-0.1, -0.05) is 6.58 Å². The van der Waals surface area contributed by atoms with Gasteiger partial charge < -0.3 is 28.4 Å². The predicted molar refractivity (Wildman–Crippen MR) is 152 cm³/mol. The molecule has 3 aromatic rings. The van der Waals surface area contributed by atoms with Crippen LogP contribution in [0.5, 0.6) is 23.3 Å². The highest BCUT2D eigenvalue weighted by Gasteiger charge is 2.13. The van der Waals surface area contributed by atoms with E-state index in [4.69, 9.17) is 28.4 Å². The predicted octanol–water partition coefficient (Wildman–Crippen LogP) is 4.53. The second-order valence-electron chi connectivity index (χ2n) is 8.86. The highest BCUT2D eigenvalue weighted by atomic mass is 16.6. The van der Waals surface area contributed by atoms with Crippen molar-refractivity contribution in [2.24, 2.45) is 0 Å². The number of ether oxygens (including phenoxy) is 6. The number of hydrogen-bond donors (Lipinski definition) is 0. The molecule has 0 aliphatic carbocycles. The standard InChI is InChI=1S/C31H32N2O10/c1-3-29(35)41-21-7-6-20-40-26-14-10-24(11-15-26)31(37)43-28-17-16-27(32-33-28)42-30(36)23-8-12-25(13-9-23)39-19-5-4-18-38-22(2)34/h3,8-17H,1,4-7,18-21H2,2H3. The fraction of sp³-hybridized carbons (Fsp3) is 0.290. The quantitative estimate of drug-likeness (QED) is 0.123. The molecule has 0 unspecified atom stereocenters. The molecule has 0 N–H and O–H groups in total. The van der Waals surface area contributed by atoms with Crippen LogP contribution < -0.4 is 18.9 Å². The average Bonchev–Trinajstić information content (AvgIpc) is 3.01. The normalized spacial score (nSPS) is 10.3. The molecule has 0 spiro atoms. The van der Waals surface area contributed by atoms with E-state index in [0.717, 1.165) is 6.08 Å². The van der Waals surface area contributed by atoms with E-state index >= 15 is 0 Å². The maximum atomic E-state index is 12.5. The van der Waals surface area contributed by atoms with Crippen LogP contribution in [-0.4, -0.2) is 60.5 Å². The van der Waals surface area contributed by atoms with Crippen LogP contribution in [0, 0.1) is 0 Å². The number of carbonyl (C=O) groups excluding carboxylic acids is 4. The minimum atomic E-state index is -0.652. The number of rotatable bonds is 17. The van der Waals surface area contributed by atoms with Gasteiger partial charge in [0.05, 0.1) is 37.6 Å². The molecule has 0 aliphatic rings.